The lowest BCUT2D eigenvalue weighted by Gasteiger charge is -2.23. The summed E-state index contributed by atoms with van der Waals surface area (Å²) in [7, 11) is 1.97. The summed E-state index contributed by atoms with van der Waals surface area (Å²) in [6, 6.07) is 15.4. The quantitative estimate of drug-likeness (QED) is 0.816. The van der Waals surface area contributed by atoms with Gasteiger partial charge in [-0.3, -0.25) is 0 Å². The van der Waals surface area contributed by atoms with Gasteiger partial charge in [-0.15, -0.1) is 0 Å². The molecular weight excluding hydrogens is 222 g/mol. The summed E-state index contributed by atoms with van der Waals surface area (Å²) < 4.78 is 0. The third-order valence-corrected chi connectivity index (χ3v) is 2.99. The highest BCUT2D eigenvalue weighted by molar-refractivity contribution is 5.77. The van der Waals surface area contributed by atoms with Crippen LogP contribution in [0.3, 0.4) is 0 Å². The van der Waals surface area contributed by atoms with Gasteiger partial charge in [-0.25, -0.2) is 0 Å². The van der Waals surface area contributed by atoms with Gasteiger partial charge in [0.25, 0.3) is 0 Å². The van der Waals surface area contributed by atoms with Gasteiger partial charge in [0, 0.05) is 12.7 Å². The van der Waals surface area contributed by atoms with E-state index < -0.39 is 0 Å². The summed E-state index contributed by atoms with van der Waals surface area (Å²) in [6.07, 6.45) is 0. The Morgan fingerprint density at radius 3 is 2.33 bits per heavy atom. The predicted molar refractivity (Wildman–Crippen MR) is 74.8 cm³/mol. The molecule has 90 valence electrons. The molecule has 2 aromatic carbocycles. The van der Waals surface area contributed by atoms with E-state index >= 15 is 0 Å². The Kier molecular flexibility index (Phi) is 3.20. The fourth-order valence-electron chi connectivity index (χ4n) is 2.03. The number of hydrogen-bond acceptors (Lipinski definition) is 3. The highest BCUT2D eigenvalue weighted by Crippen LogP contribution is 2.31. The van der Waals surface area contributed by atoms with Crippen LogP contribution >= 0.6 is 0 Å². The number of nitrogen functional groups attached to an aromatic ring is 1. The van der Waals surface area contributed by atoms with Crippen molar-refractivity contribution in [3.05, 3.63) is 53.6 Å². The van der Waals surface area contributed by atoms with Crippen molar-refractivity contribution in [2.75, 3.05) is 17.7 Å². The smallest absolute Gasteiger partial charge is 0.0991 e. The summed E-state index contributed by atoms with van der Waals surface area (Å²) in [5, 5.41) is 8.79. The molecule has 0 amide bonds. The Hall–Kier alpha value is -2.47. The number of aryl methyl sites for hydroxylation is 1. The fourth-order valence-corrected chi connectivity index (χ4v) is 2.03. The van der Waals surface area contributed by atoms with Gasteiger partial charge < -0.3 is 10.6 Å². The molecule has 2 aromatic rings. The molecule has 0 aromatic heterocycles. The molecule has 2 N–H and O–H groups in total. The minimum absolute atomic E-state index is 0.657. The number of nitriles is 1. The van der Waals surface area contributed by atoms with Crippen LogP contribution in [0.5, 0.6) is 0 Å². The molecule has 2 rings (SSSR count). The van der Waals surface area contributed by atoms with Crippen LogP contribution in [0, 0.1) is 18.3 Å². The van der Waals surface area contributed by atoms with E-state index in [-0.39, 0.29) is 0 Å². The van der Waals surface area contributed by atoms with Gasteiger partial charge in [0.2, 0.25) is 0 Å². The van der Waals surface area contributed by atoms with Crippen molar-refractivity contribution in [1.82, 2.24) is 0 Å². The lowest BCUT2D eigenvalue weighted by Crippen LogP contribution is -2.13. The van der Waals surface area contributed by atoms with E-state index in [1.807, 2.05) is 49.2 Å². The zero-order valence-electron chi connectivity index (χ0n) is 10.5. The Morgan fingerprint density at radius 2 is 1.78 bits per heavy atom. The Morgan fingerprint density at radius 1 is 1.11 bits per heavy atom. The van der Waals surface area contributed by atoms with Crippen LogP contribution in [0.1, 0.15) is 11.1 Å². The minimum atomic E-state index is 0.657. The van der Waals surface area contributed by atoms with Gasteiger partial charge in [0.1, 0.15) is 0 Å². The fraction of sp³-hybridized carbons (Fsp3) is 0.133. The average Bonchev–Trinajstić information content (AvgIpc) is 2.38. The maximum absolute atomic E-state index is 8.79. The zero-order chi connectivity index (χ0) is 13.1. The standard InChI is InChI=1S/C15H15N3/c1-11-4-3-5-14(17)15(11)18(2)13-8-6-12(10-16)7-9-13/h3-9H,17H2,1-2H3. The van der Waals surface area contributed by atoms with Gasteiger partial charge in [0.15, 0.2) is 0 Å². The second-order valence-corrected chi connectivity index (χ2v) is 4.23. The number of rotatable bonds is 2. The maximum atomic E-state index is 8.79. The number of anilines is 3. The van der Waals surface area contributed by atoms with Crippen LogP contribution in [0.25, 0.3) is 0 Å². The van der Waals surface area contributed by atoms with E-state index in [0.717, 1.165) is 22.6 Å². The van der Waals surface area contributed by atoms with Crippen molar-refractivity contribution < 1.29 is 0 Å². The molecule has 0 aliphatic carbocycles. The molecule has 0 saturated carbocycles. The molecule has 0 aliphatic rings. The zero-order valence-corrected chi connectivity index (χ0v) is 10.5. The van der Waals surface area contributed by atoms with Crippen molar-refractivity contribution >= 4 is 17.1 Å². The average molecular weight is 237 g/mol. The first-order valence-electron chi connectivity index (χ1n) is 5.72. The van der Waals surface area contributed by atoms with Gasteiger partial charge in [0.05, 0.1) is 23.0 Å². The summed E-state index contributed by atoms with van der Waals surface area (Å²) >= 11 is 0. The first kappa shape index (κ1) is 12.0. The molecule has 18 heavy (non-hydrogen) atoms. The van der Waals surface area contributed by atoms with Gasteiger partial charge in [-0.2, -0.15) is 5.26 Å². The number of hydrogen-bond donors (Lipinski definition) is 1. The predicted octanol–water partition coefficient (Wildman–Crippen LogP) is 3.22. The second kappa shape index (κ2) is 4.80. The molecule has 0 spiro atoms. The molecule has 0 heterocycles. The normalized spacial score (nSPS) is 9.83. The monoisotopic (exact) mass is 237 g/mol. The highest BCUT2D eigenvalue weighted by Gasteiger charge is 2.10. The Bertz CT molecular complexity index is 574. The number of nitrogens with zero attached hydrogens (tertiary/aromatic N) is 2. The molecule has 0 aliphatic heterocycles. The summed E-state index contributed by atoms with van der Waals surface area (Å²) in [5.41, 5.74) is 10.6. The number of benzene rings is 2. The molecule has 0 unspecified atom stereocenters. The largest absolute Gasteiger partial charge is 0.397 e. The second-order valence-electron chi connectivity index (χ2n) is 4.23. The van der Waals surface area contributed by atoms with E-state index in [2.05, 4.69) is 6.07 Å². The molecule has 0 fully saturated rings. The van der Waals surface area contributed by atoms with Gasteiger partial charge in [-0.1, -0.05) is 12.1 Å². The minimum Gasteiger partial charge on any atom is -0.397 e. The molecule has 3 nitrogen and oxygen atoms in total. The molecule has 0 atom stereocenters. The Balaban J connectivity index is 2.42. The Labute approximate surface area is 107 Å². The molecular formula is C15H15N3. The van der Waals surface area contributed by atoms with Crippen LogP contribution in [-0.4, -0.2) is 7.05 Å². The molecule has 3 heteroatoms. The van der Waals surface area contributed by atoms with Crippen molar-refractivity contribution in [3.63, 3.8) is 0 Å². The summed E-state index contributed by atoms with van der Waals surface area (Å²) in [4.78, 5) is 2.03. The number of nitrogens with two attached hydrogens (primary N) is 1. The van der Waals surface area contributed by atoms with Crippen LogP contribution in [0.2, 0.25) is 0 Å². The number of para-hydroxylation sites is 1. The van der Waals surface area contributed by atoms with Gasteiger partial charge in [-0.05, 0) is 42.8 Å². The first-order chi connectivity index (χ1) is 8.63. The van der Waals surface area contributed by atoms with Crippen LogP contribution < -0.4 is 10.6 Å². The third kappa shape index (κ3) is 2.14. The van der Waals surface area contributed by atoms with E-state index in [1.165, 1.54) is 0 Å². The van der Waals surface area contributed by atoms with Crippen molar-refractivity contribution in [1.29, 1.82) is 5.26 Å². The first-order valence-corrected chi connectivity index (χ1v) is 5.72. The lowest BCUT2D eigenvalue weighted by atomic mass is 10.1. The van der Waals surface area contributed by atoms with Crippen molar-refractivity contribution in [3.8, 4) is 6.07 Å². The van der Waals surface area contributed by atoms with E-state index in [1.54, 1.807) is 12.1 Å². The molecule has 0 radical (unpaired) electrons. The topological polar surface area (TPSA) is 53.0 Å². The maximum Gasteiger partial charge on any atom is 0.0991 e. The highest BCUT2D eigenvalue weighted by atomic mass is 15.1. The van der Waals surface area contributed by atoms with E-state index in [4.69, 9.17) is 11.0 Å². The third-order valence-electron chi connectivity index (χ3n) is 2.99. The lowest BCUT2D eigenvalue weighted by molar-refractivity contribution is 1.19. The van der Waals surface area contributed by atoms with Crippen molar-refractivity contribution in [2.45, 2.75) is 6.92 Å². The van der Waals surface area contributed by atoms with E-state index in [9.17, 15) is 0 Å². The molecule has 0 bridgehead atoms. The van der Waals surface area contributed by atoms with Crippen LogP contribution in [0.4, 0.5) is 17.1 Å². The molecule has 0 saturated heterocycles. The SMILES string of the molecule is Cc1cccc(N)c1N(C)c1ccc(C#N)cc1. The van der Waals surface area contributed by atoms with Crippen LogP contribution in [-0.2, 0) is 0 Å². The van der Waals surface area contributed by atoms with Crippen molar-refractivity contribution in [2.24, 2.45) is 0 Å². The van der Waals surface area contributed by atoms with Crippen LogP contribution in [0.15, 0.2) is 42.5 Å². The summed E-state index contributed by atoms with van der Waals surface area (Å²) in [6.45, 7) is 2.03. The van der Waals surface area contributed by atoms with E-state index in [0.29, 0.717) is 5.56 Å². The van der Waals surface area contributed by atoms with Gasteiger partial charge >= 0.3 is 0 Å². The summed E-state index contributed by atoms with van der Waals surface area (Å²) in [5.74, 6) is 0.